The van der Waals surface area contributed by atoms with Crippen LogP contribution in [0.15, 0.2) is 0 Å². The SMILES string of the molecule is COC(=O)[C@@H]1CN(C(=O)C2CCNCC2)CCN1C(=O)CSC. The van der Waals surface area contributed by atoms with Crippen LogP contribution in [0.3, 0.4) is 0 Å². The van der Waals surface area contributed by atoms with E-state index in [1.165, 1.54) is 18.9 Å². The van der Waals surface area contributed by atoms with E-state index in [0.717, 1.165) is 25.9 Å². The fourth-order valence-electron chi connectivity index (χ4n) is 3.15. The molecule has 0 saturated carbocycles. The minimum Gasteiger partial charge on any atom is -0.467 e. The number of esters is 1. The van der Waals surface area contributed by atoms with E-state index in [2.05, 4.69) is 5.32 Å². The first-order valence-electron chi connectivity index (χ1n) is 7.94. The Bertz CT molecular complexity index is 454. The normalized spacial score (nSPS) is 22.8. The van der Waals surface area contributed by atoms with E-state index in [4.69, 9.17) is 4.74 Å². The molecule has 2 rings (SSSR count). The van der Waals surface area contributed by atoms with Crippen LogP contribution >= 0.6 is 11.8 Å². The monoisotopic (exact) mass is 343 g/mol. The lowest BCUT2D eigenvalue weighted by atomic mass is 9.96. The third kappa shape index (κ3) is 4.38. The average molecular weight is 343 g/mol. The van der Waals surface area contributed by atoms with Crippen molar-refractivity contribution in [3.05, 3.63) is 0 Å². The molecular weight excluding hydrogens is 318 g/mol. The number of nitrogens with zero attached hydrogens (tertiary/aromatic N) is 2. The quantitative estimate of drug-likeness (QED) is 0.698. The van der Waals surface area contributed by atoms with Gasteiger partial charge in [0.05, 0.1) is 19.4 Å². The second kappa shape index (κ2) is 8.54. The van der Waals surface area contributed by atoms with Crippen molar-refractivity contribution < 1.29 is 19.1 Å². The fourth-order valence-corrected chi connectivity index (χ4v) is 3.57. The van der Waals surface area contributed by atoms with Gasteiger partial charge in [-0.1, -0.05) is 0 Å². The largest absolute Gasteiger partial charge is 0.467 e. The highest BCUT2D eigenvalue weighted by molar-refractivity contribution is 7.99. The molecule has 0 aromatic heterocycles. The number of ether oxygens (including phenoxy) is 1. The summed E-state index contributed by atoms with van der Waals surface area (Å²) in [5.41, 5.74) is 0. The van der Waals surface area contributed by atoms with Crippen molar-refractivity contribution in [2.75, 3.05) is 51.8 Å². The van der Waals surface area contributed by atoms with E-state index < -0.39 is 12.0 Å². The standard InChI is InChI=1S/C15H25N3O4S/c1-22-15(21)12-9-17(7-8-18(12)13(19)10-23-2)14(20)11-3-5-16-6-4-11/h11-12,16H,3-10H2,1-2H3/t12-/m0/s1. The molecule has 0 aromatic carbocycles. The molecule has 23 heavy (non-hydrogen) atoms. The summed E-state index contributed by atoms with van der Waals surface area (Å²) in [5, 5.41) is 3.24. The van der Waals surface area contributed by atoms with Gasteiger partial charge in [-0.15, -0.1) is 0 Å². The van der Waals surface area contributed by atoms with Crippen molar-refractivity contribution in [3.8, 4) is 0 Å². The highest BCUT2D eigenvalue weighted by Gasteiger charge is 2.38. The molecule has 0 spiro atoms. The van der Waals surface area contributed by atoms with Crippen LogP contribution in [0.2, 0.25) is 0 Å². The molecule has 0 bridgehead atoms. The van der Waals surface area contributed by atoms with Crippen LogP contribution in [0.5, 0.6) is 0 Å². The molecule has 2 heterocycles. The van der Waals surface area contributed by atoms with Crippen molar-refractivity contribution in [2.24, 2.45) is 5.92 Å². The molecule has 130 valence electrons. The van der Waals surface area contributed by atoms with Crippen LogP contribution in [0.25, 0.3) is 0 Å². The summed E-state index contributed by atoms with van der Waals surface area (Å²) >= 11 is 1.42. The van der Waals surface area contributed by atoms with Crippen molar-refractivity contribution in [1.29, 1.82) is 0 Å². The molecule has 2 fully saturated rings. The minimum atomic E-state index is -0.695. The maximum absolute atomic E-state index is 12.7. The number of piperazine rings is 1. The van der Waals surface area contributed by atoms with Crippen molar-refractivity contribution in [1.82, 2.24) is 15.1 Å². The third-order valence-corrected chi connectivity index (χ3v) is 4.98. The Morgan fingerprint density at radius 3 is 2.52 bits per heavy atom. The van der Waals surface area contributed by atoms with Crippen LogP contribution in [-0.2, 0) is 19.1 Å². The van der Waals surface area contributed by atoms with E-state index >= 15 is 0 Å². The summed E-state index contributed by atoms with van der Waals surface area (Å²) in [6.07, 6.45) is 3.50. The maximum Gasteiger partial charge on any atom is 0.330 e. The van der Waals surface area contributed by atoms with E-state index in [1.807, 2.05) is 6.26 Å². The molecule has 8 heteroatoms. The summed E-state index contributed by atoms with van der Waals surface area (Å²) < 4.78 is 4.83. The van der Waals surface area contributed by atoms with Crippen LogP contribution in [0.4, 0.5) is 0 Å². The summed E-state index contributed by atoms with van der Waals surface area (Å²) in [5.74, 6) is -0.0973. The van der Waals surface area contributed by atoms with Gasteiger partial charge >= 0.3 is 5.97 Å². The first-order valence-corrected chi connectivity index (χ1v) is 9.33. The Hall–Kier alpha value is -1.28. The van der Waals surface area contributed by atoms with Gasteiger partial charge in [0.25, 0.3) is 0 Å². The topological polar surface area (TPSA) is 79.0 Å². The lowest BCUT2D eigenvalue weighted by Gasteiger charge is -2.41. The molecule has 0 aromatic rings. The molecule has 2 aliphatic rings. The van der Waals surface area contributed by atoms with Gasteiger partial charge in [-0.3, -0.25) is 9.59 Å². The van der Waals surface area contributed by atoms with Crippen LogP contribution in [0.1, 0.15) is 12.8 Å². The van der Waals surface area contributed by atoms with E-state index in [-0.39, 0.29) is 24.3 Å². The smallest absolute Gasteiger partial charge is 0.330 e. The highest BCUT2D eigenvalue weighted by atomic mass is 32.2. The summed E-state index contributed by atoms with van der Waals surface area (Å²) in [6, 6.07) is -0.695. The minimum absolute atomic E-state index is 0.0167. The van der Waals surface area contributed by atoms with Gasteiger partial charge in [0, 0.05) is 19.0 Å². The number of rotatable bonds is 4. The van der Waals surface area contributed by atoms with Crippen LogP contribution in [0, 0.1) is 5.92 Å². The van der Waals surface area contributed by atoms with Gasteiger partial charge in [0.15, 0.2) is 0 Å². The number of hydrogen-bond donors (Lipinski definition) is 1. The van der Waals surface area contributed by atoms with Gasteiger partial charge in [-0.25, -0.2) is 4.79 Å². The second-order valence-corrected chi connectivity index (χ2v) is 6.73. The van der Waals surface area contributed by atoms with Crippen LogP contribution in [-0.4, -0.2) is 85.5 Å². The van der Waals surface area contributed by atoms with Gasteiger partial charge in [0.1, 0.15) is 6.04 Å². The molecule has 2 aliphatic heterocycles. The van der Waals surface area contributed by atoms with Crippen molar-refractivity contribution in [3.63, 3.8) is 0 Å². The molecule has 0 unspecified atom stereocenters. The zero-order valence-corrected chi connectivity index (χ0v) is 14.6. The zero-order valence-electron chi connectivity index (χ0n) is 13.7. The number of carbonyl (C=O) groups is 3. The predicted octanol–water partition coefficient (Wildman–Crippen LogP) is -0.439. The number of piperidine rings is 1. The Morgan fingerprint density at radius 2 is 1.91 bits per heavy atom. The van der Waals surface area contributed by atoms with E-state index in [0.29, 0.717) is 18.8 Å². The molecule has 0 radical (unpaired) electrons. The Balaban J connectivity index is 2.04. The van der Waals surface area contributed by atoms with E-state index in [9.17, 15) is 14.4 Å². The molecule has 1 atom stereocenters. The van der Waals surface area contributed by atoms with Crippen molar-refractivity contribution in [2.45, 2.75) is 18.9 Å². The average Bonchev–Trinajstić information content (AvgIpc) is 2.60. The second-order valence-electron chi connectivity index (χ2n) is 5.87. The number of amides is 2. The Labute approximate surface area is 141 Å². The summed E-state index contributed by atoms with van der Waals surface area (Å²) in [6.45, 7) is 2.80. The van der Waals surface area contributed by atoms with Crippen LogP contribution < -0.4 is 5.32 Å². The molecule has 1 N–H and O–H groups in total. The predicted molar refractivity (Wildman–Crippen MR) is 88.1 cm³/mol. The number of methoxy groups -OCH3 is 1. The molecular formula is C15H25N3O4S. The summed E-state index contributed by atoms with van der Waals surface area (Å²) in [4.78, 5) is 40.2. The molecule has 2 amide bonds. The van der Waals surface area contributed by atoms with Gasteiger partial charge in [0.2, 0.25) is 11.8 Å². The fraction of sp³-hybridized carbons (Fsp3) is 0.800. The zero-order chi connectivity index (χ0) is 16.8. The first kappa shape index (κ1) is 18.1. The highest BCUT2D eigenvalue weighted by Crippen LogP contribution is 2.19. The molecule has 2 saturated heterocycles. The van der Waals surface area contributed by atoms with Gasteiger partial charge < -0.3 is 19.9 Å². The number of carbonyl (C=O) groups excluding carboxylic acids is 3. The lowest BCUT2D eigenvalue weighted by Crippen LogP contribution is -2.61. The van der Waals surface area contributed by atoms with Crippen molar-refractivity contribution >= 4 is 29.5 Å². The van der Waals surface area contributed by atoms with Gasteiger partial charge in [-0.05, 0) is 32.2 Å². The van der Waals surface area contributed by atoms with E-state index in [1.54, 1.807) is 9.80 Å². The Morgan fingerprint density at radius 1 is 1.22 bits per heavy atom. The number of nitrogens with one attached hydrogen (secondary N) is 1. The first-order chi connectivity index (χ1) is 11.1. The number of thioether (sulfide) groups is 1. The molecule has 7 nitrogen and oxygen atoms in total. The molecule has 0 aliphatic carbocycles. The lowest BCUT2D eigenvalue weighted by molar-refractivity contribution is -0.158. The maximum atomic E-state index is 12.7. The third-order valence-electron chi connectivity index (χ3n) is 4.44. The van der Waals surface area contributed by atoms with Gasteiger partial charge in [-0.2, -0.15) is 11.8 Å². The summed E-state index contributed by atoms with van der Waals surface area (Å²) in [7, 11) is 1.31. The number of hydrogen-bond acceptors (Lipinski definition) is 6. The Kier molecular flexibility index (Phi) is 6.71.